The largest absolute Gasteiger partial charge is 0.494 e. The van der Waals surface area contributed by atoms with Gasteiger partial charge in [0.25, 0.3) is 5.91 Å². The van der Waals surface area contributed by atoms with Crippen molar-refractivity contribution >= 4 is 39.9 Å². The molecule has 7 atom stereocenters. The van der Waals surface area contributed by atoms with Crippen molar-refractivity contribution in [2.45, 2.75) is 70.2 Å². The number of rotatable bonds is 14. The fraction of sp³-hybridized carbons (Fsp3) is 0.439. The third-order valence-electron chi connectivity index (χ3n) is 11.2. The Labute approximate surface area is 295 Å². The molecule has 1 spiro atoms. The number of hydrogen-bond donors (Lipinski definition) is 1. The number of aliphatic hydroxyl groups is 1. The van der Waals surface area contributed by atoms with E-state index >= 15 is 9.59 Å². The average molecular weight is 680 g/mol. The first-order valence-corrected chi connectivity index (χ1v) is 17.8. The summed E-state index contributed by atoms with van der Waals surface area (Å²) in [5, 5.41) is 12.8. The van der Waals surface area contributed by atoms with Crippen molar-refractivity contribution in [1.82, 2.24) is 4.90 Å². The van der Waals surface area contributed by atoms with Gasteiger partial charge in [0.15, 0.2) is 0 Å². The number of likely N-dealkylation sites (tertiary alicyclic amines) is 1. The van der Waals surface area contributed by atoms with E-state index in [1.54, 1.807) is 26.9 Å². The van der Waals surface area contributed by atoms with E-state index in [9.17, 15) is 9.90 Å². The molecule has 3 amide bonds. The van der Waals surface area contributed by atoms with E-state index < -0.39 is 35.1 Å². The molecule has 264 valence electrons. The van der Waals surface area contributed by atoms with Gasteiger partial charge in [0, 0.05) is 24.5 Å². The van der Waals surface area contributed by atoms with Crippen LogP contribution in [0.2, 0.25) is 0 Å². The highest BCUT2D eigenvalue weighted by molar-refractivity contribution is 6.07. The number of anilines is 2. The molecule has 3 aliphatic heterocycles. The van der Waals surface area contributed by atoms with Gasteiger partial charge in [-0.3, -0.25) is 14.4 Å². The number of nitrogens with zero attached hydrogens (tertiary/aromatic N) is 3. The Morgan fingerprint density at radius 2 is 1.62 bits per heavy atom. The summed E-state index contributed by atoms with van der Waals surface area (Å²) in [6, 6.07) is 19.4. The first-order valence-electron chi connectivity index (χ1n) is 17.8. The lowest BCUT2D eigenvalue weighted by atomic mass is 9.66. The Morgan fingerprint density at radius 1 is 0.980 bits per heavy atom. The van der Waals surface area contributed by atoms with Crippen LogP contribution in [-0.2, 0) is 19.1 Å². The first kappa shape index (κ1) is 35.4. The number of hydrogen-bond acceptors (Lipinski definition) is 6. The summed E-state index contributed by atoms with van der Waals surface area (Å²) >= 11 is 0. The first-order chi connectivity index (χ1) is 24.1. The topological polar surface area (TPSA) is 99.6 Å². The molecule has 9 heteroatoms. The predicted molar refractivity (Wildman–Crippen MR) is 196 cm³/mol. The van der Waals surface area contributed by atoms with Crippen LogP contribution >= 0.6 is 0 Å². The molecule has 3 aliphatic rings. The number of aliphatic hydroxyl groups excluding tert-OH is 1. The Hall–Kier alpha value is -4.47. The molecule has 3 heterocycles. The van der Waals surface area contributed by atoms with Gasteiger partial charge in [0.1, 0.15) is 17.4 Å². The highest BCUT2D eigenvalue weighted by Crippen LogP contribution is 2.64. The minimum atomic E-state index is -1.26. The highest BCUT2D eigenvalue weighted by atomic mass is 16.5. The second-order valence-corrected chi connectivity index (χ2v) is 14.0. The number of amides is 3. The lowest BCUT2D eigenvalue weighted by Gasteiger charge is -2.41. The number of benzene rings is 3. The van der Waals surface area contributed by atoms with Crippen LogP contribution in [0.1, 0.15) is 47.0 Å². The van der Waals surface area contributed by atoms with E-state index in [1.165, 1.54) is 0 Å². The minimum Gasteiger partial charge on any atom is -0.494 e. The number of carbonyl (C=O) groups excluding carboxylic acids is 3. The summed E-state index contributed by atoms with van der Waals surface area (Å²) in [5.74, 6) is -2.11. The minimum absolute atomic E-state index is 0.119. The molecule has 50 heavy (non-hydrogen) atoms. The fourth-order valence-corrected chi connectivity index (χ4v) is 8.64. The molecular formula is C41H49N3O6. The summed E-state index contributed by atoms with van der Waals surface area (Å²) in [5.41, 5.74) is -0.928. The van der Waals surface area contributed by atoms with Gasteiger partial charge < -0.3 is 29.3 Å². The normalized spacial score (nSPS) is 26.4. The van der Waals surface area contributed by atoms with Crippen molar-refractivity contribution in [3.05, 3.63) is 92.0 Å². The SMILES string of the molecule is C=CCN(C(=O)C1N([C@@H](CO)[C@@H](C)CC)C(=O)[C@@H]2[C@H](C(=O)N(CC=C)c3ccc(OCC)cc3)[C@]3(C)CCC12O3)c1ccc2ccccc2c1. The maximum atomic E-state index is 15.2. The molecule has 2 bridgehead atoms. The summed E-state index contributed by atoms with van der Waals surface area (Å²) in [7, 11) is 0. The van der Waals surface area contributed by atoms with Gasteiger partial charge >= 0.3 is 0 Å². The number of ether oxygens (including phenoxy) is 2. The maximum absolute atomic E-state index is 15.2. The summed E-state index contributed by atoms with van der Waals surface area (Å²) < 4.78 is 12.6. The molecule has 0 aromatic heterocycles. The van der Waals surface area contributed by atoms with Crippen LogP contribution in [0.25, 0.3) is 10.8 Å². The van der Waals surface area contributed by atoms with Crippen LogP contribution in [0.4, 0.5) is 11.4 Å². The second-order valence-electron chi connectivity index (χ2n) is 14.0. The van der Waals surface area contributed by atoms with E-state index in [2.05, 4.69) is 13.2 Å². The molecule has 2 unspecified atom stereocenters. The fourth-order valence-electron chi connectivity index (χ4n) is 8.64. The monoisotopic (exact) mass is 679 g/mol. The van der Waals surface area contributed by atoms with Crippen LogP contribution in [0.3, 0.4) is 0 Å². The molecular weight excluding hydrogens is 630 g/mol. The zero-order valence-electron chi connectivity index (χ0n) is 29.6. The van der Waals surface area contributed by atoms with Crippen LogP contribution in [0.15, 0.2) is 92.0 Å². The van der Waals surface area contributed by atoms with Crippen molar-refractivity contribution < 1.29 is 29.0 Å². The van der Waals surface area contributed by atoms with Gasteiger partial charge in [0.05, 0.1) is 36.7 Å². The third-order valence-corrected chi connectivity index (χ3v) is 11.2. The molecule has 0 radical (unpaired) electrons. The van der Waals surface area contributed by atoms with Crippen molar-refractivity contribution in [3.8, 4) is 5.75 Å². The van der Waals surface area contributed by atoms with Crippen LogP contribution < -0.4 is 14.5 Å². The molecule has 6 rings (SSSR count). The quantitative estimate of drug-likeness (QED) is 0.205. The molecule has 3 aromatic rings. The predicted octanol–water partition coefficient (Wildman–Crippen LogP) is 6.15. The Balaban J connectivity index is 1.46. The van der Waals surface area contributed by atoms with Crippen LogP contribution in [0.5, 0.6) is 5.75 Å². The third kappa shape index (κ3) is 5.70. The van der Waals surface area contributed by atoms with Crippen molar-refractivity contribution in [2.24, 2.45) is 17.8 Å². The van der Waals surface area contributed by atoms with Gasteiger partial charge in [-0.05, 0) is 79.8 Å². The average Bonchev–Trinajstić information content (AvgIpc) is 3.70. The van der Waals surface area contributed by atoms with Gasteiger partial charge in [-0.15, -0.1) is 13.2 Å². The van der Waals surface area contributed by atoms with Crippen molar-refractivity contribution in [3.63, 3.8) is 0 Å². The molecule has 9 nitrogen and oxygen atoms in total. The van der Waals surface area contributed by atoms with E-state index in [-0.39, 0.29) is 43.3 Å². The molecule has 3 saturated heterocycles. The Kier molecular flexibility index (Phi) is 9.93. The second kappa shape index (κ2) is 14.0. The van der Waals surface area contributed by atoms with Crippen LogP contribution in [-0.4, -0.2) is 77.3 Å². The lowest BCUT2D eigenvalue weighted by molar-refractivity contribution is -0.149. The zero-order chi connectivity index (χ0) is 35.8. The maximum Gasteiger partial charge on any atom is 0.253 e. The smallest absolute Gasteiger partial charge is 0.253 e. The number of fused-ring (bicyclic) bond motifs is 2. The lowest BCUT2D eigenvalue weighted by Crippen LogP contribution is -2.60. The van der Waals surface area contributed by atoms with Gasteiger partial charge in [0.2, 0.25) is 11.8 Å². The van der Waals surface area contributed by atoms with Crippen molar-refractivity contribution in [2.75, 3.05) is 36.1 Å². The summed E-state index contributed by atoms with van der Waals surface area (Å²) in [6.45, 7) is 16.3. The van der Waals surface area contributed by atoms with E-state index in [4.69, 9.17) is 9.47 Å². The molecule has 0 aliphatic carbocycles. The van der Waals surface area contributed by atoms with E-state index in [0.29, 0.717) is 43.0 Å². The highest BCUT2D eigenvalue weighted by Gasteiger charge is 2.79. The Bertz CT molecular complexity index is 1780. The molecule has 3 aromatic carbocycles. The summed E-state index contributed by atoms with van der Waals surface area (Å²) in [6.07, 6.45) is 4.95. The number of carbonyl (C=O) groups is 3. The standard InChI is InChI=1S/C41H49N3O6/c1-7-23-42(30-17-19-32(20-18-30)49-10-4)37(46)34-35-38(47)44(33(26-45)27(5)9-3)36(41(35)22-21-40(34,6)50-41)39(48)43(24-8-2)31-16-15-28-13-11-12-14-29(28)25-31/h7-8,11-20,25,27,33-36,45H,1-2,9-10,21-24,26H2,3-6H3/t27-,33-,34+,35-,36?,40-,41?/m0/s1. The molecule has 0 saturated carbocycles. The molecule has 3 fully saturated rings. The van der Waals surface area contributed by atoms with E-state index in [1.807, 2.05) is 94.4 Å². The van der Waals surface area contributed by atoms with Gasteiger partial charge in [-0.2, -0.15) is 0 Å². The molecule has 1 N–H and O–H groups in total. The van der Waals surface area contributed by atoms with Crippen molar-refractivity contribution in [1.29, 1.82) is 0 Å². The van der Waals surface area contributed by atoms with Gasteiger partial charge in [-0.25, -0.2) is 0 Å². The van der Waals surface area contributed by atoms with Crippen LogP contribution in [0, 0.1) is 17.8 Å². The Morgan fingerprint density at radius 3 is 2.24 bits per heavy atom. The van der Waals surface area contributed by atoms with E-state index in [0.717, 1.165) is 10.8 Å². The zero-order valence-corrected chi connectivity index (χ0v) is 29.6. The van der Waals surface area contributed by atoms with Gasteiger partial charge in [-0.1, -0.05) is 62.8 Å². The summed E-state index contributed by atoms with van der Waals surface area (Å²) in [4.78, 5) is 50.0.